The van der Waals surface area contributed by atoms with Crippen LogP contribution in [0.1, 0.15) is 51.5 Å². The molecule has 1 atom stereocenters. The van der Waals surface area contributed by atoms with Gasteiger partial charge in [-0.15, -0.1) is 0 Å². The number of aromatic nitrogens is 1. The molecular weight excluding hydrogens is 353 g/mol. The molecule has 0 fully saturated rings. The van der Waals surface area contributed by atoms with E-state index in [-0.39, 0.29) is 18.7 Å². The number of benzene rings is 1. The molecule has 1 heterocycles. The number of aryl methyl sites for hydroxylation is 1. The fourth-order valence-corrected chi connectivity index (χ4v) is 2.77. The highest BCUT2D eigenvalue weighted by molar-refractivity contribution is 6.04. The second-order valence-electron chi connectivity index (χ2n) is 6.15. The van der Waals surface area contributed by atoms with Gasteiger partial charge < -0.3 is 14.5 Å². The maximum Gasteiger partial charge on any atom is 0.340 e. The first kappa shape index (κ1) is 20.4. The van der Waals surface area contributed by atoms with Crippen LogP contribution in [0.2, 0.25) is 0 Å². The fraction of sp³-hybridized carbons (Fsp3) is 0.350. The summed E-state index contributed by atoms with van der Waals surface area (Å²) < 4.78 is 23.1. The first-order valence-electron chi connectivity index (χ1n) is 8.59. The Morgan fingerprint density at radius 3 is 2.37 bits per heavy atom. The quantitative estimate of drug-likeness (QED) is 0.593. The van der Waals surface area contributed by atoms with Gasteiger partial charge in [-0.25, -0.2) is 9.18 Å². The number of rotatable bonds is 7. The van der Waals surface area contributed by atoms with Crippen LogP contribution in [0.3, 0.4) is 0 Å². The number of carbonyl (C=O) groups is 3. The predicted molar refractivity (Wildman–Crippen MR) is 96.2 cm³/mol. The van der Waals surface area contributed by atoms with Gasteiger partial charge in [0.2, 0.25) is 5.78 Å². The van der Waals surface area contributed by atoms with Crippen molar-refractivity contribution in [1.29, 1.82) is 0 Å². The van der Waals surface area contributed by atoms with E-state index in [0.29, 0.717) is 22.4 Å². The molecule has 0 amide bonds. The summed E-state index contributed by atoms with van der Waals surface area (Å²) in [7, 11) is 0. The number of H-pyrrole nitrogens is 1. The van der Waals surface area contributed by atoms with Crippen LogP contribution in [0.25, 0.3) is 0 Å². The monoisotopic (exact) mass is 375 g/mol. The smallest absolute Gasteiger partial charge is 0.340 e. The summed E-state index contributed by atoms with van der Waals surface area (Å²) in [5, 5.41) is 0. The fourth-order valence-electron chi connectivity index (χ4n) is 2.77. The van der Waals surface area contributed by atoms with Crippen molar-refractivity contribution in [2.45, 2.75) is 40.2 Å². The molecule has 27 heavy (non-hydrogen) atoms. The zero-order valence-electron chi connectivity index (χ0n) is 15.7. The molecule has 1 aromatic heterocycles. The highest BCUT2D eigenvalue weighted by Crippen LogP contribution is 2.21. The molecule has 1 unspecified atom stereocenters. The second-order valence-corrected chi connectivity index (χ2v) is 6.15. The van der Waals surface area contributed by atoms with E-state index in [9.17, 15) is 18.8 Å². The molecule has 0 spiro atoms. The summed E-state index contributed by atoms with van der Waals surface area (Å²) in [6, 6.07) is 5.46. The van der Waals surface area contributed by atoms with Crippen molar-refractivity contribution >= 4 is 17.7 Å². The van der Waals surface area contributed by atoms with Gasteiger partial charge in [-0.1, -0.05) is 12.1 Å². The number of nitrogens with one attached hydrogen (secondary N) is 1. The molecule has 0 aliphatic heterocycles. The average molecular weight is 375 g/mol. The number of esters is 2. The zero-order chi connectivity index (χ0) is 20.1. The van der Waals surface area contributed by atoms with Gasteiger partial charge in [0.1, 0.15) is 5.82 Å². The highest BCUT2D eigenvalue weighted by Gasteiger charge is 2.27. The number of ketones is 1. The van der Waals surface area contributed by atoms with E-state index >= 15 is 0 Å². The van der Waals surface area contributed by atoms with Crippen molar-refractivity contribution in [3.05, 3.63) is 58.2 Å². The molecule has 0 bridgehead atoms. The van der Waals surface area contributed by atoms with Crippen LogP contribution in [0.4, 0.5) is 4.39 Å². The number of hydrogen-bond donors (Lipinski definition) is 1. The summed E-state index contributed by atoms with van der Waals surface area (Å²) >= 11 is 0. The van der Waals surface area contributed by atoms with Gasteiger partial charge in [-0.05, 0) is 51.0 Å². The Morgan fingerprint density at radius 1 is 1.15 bits per heavy atom. The van der Waals surface area contributed by atoms with Crippen LogP contribution < -0.4 is 0 Å². The molecule has 144 valence electrons. The summed E-state index contributed by atoms with van der Waals surface area (Å²) in [5.41, 5.74) is 2.07. The van der Waals surface area contributed by atoms with E-state index in [1.54, 1.807) is 20.8 Å². The van der Waals surface area contributed by atoms with E-state index in [2.05, 4.69) is 4.98 Å². The molecular formula is C20H22FNO5. The highest BCUT2D eigenvalue weighted by atomic mass is 19.1. The van der Waals surface area contributed by atoms with Gasteiger partial charge in [-0.3, -0.25) is 9.59 Å². The minimum atomic E-state index is -1.04. The normalized spacial score (nSPS) is 11.7. The Morgan fingerprint density at radius 2 is 1.78 bits per heavy atom. The molecule has 0 saturated carbocycles. The minimum Gasteiger partial charge on any atom is -0.462 e. The van der Waals surface area contributed by atoms with E-state index in [1.807, 2.05) is 0 Å². The SMILES string of the molecule is CCOC(=O)c1c(C)[nH]c(C(=O)C(C)OC(=O)Cc2ccc(F)cc2)c1C. The van der Waals surface area contributed by atoms with E-state index < -0.39 is 29.6 Å². The lowest BCUT2D eigenvalue weighted by Gasteiger charge is -2.12. The molecule has 0 aliphatic rings. The molecule has 6 nitrogen and oxygen atoms in total. The second kappa shape index (κ2) is 8.62. The third kappa shape index (κ3) is 4.81. The summed E-state index contributed by atoms with van der Waals surface area (Å²) in [5.74, 6) is -1.96. The first-order chi connectivity index (χ1) is 12.7. The van der Waals surface area contributed by atoms with Crippen molar-refractivity contribution in [2.75, 3.05) is 6.61 Å². The lowest BCUT2D eigenvalue weighted by molar-refractivity contribution is -0.145. The van der Waals surface area contributed by atoms with E-state index in [1.165, 1.54) is 31.2 Å². The van der Waals surface area contributed by atoms with Gasteiger partial charge >= 0.3 is 11.9 Å². The van der Waals surface area contributed by atoms with Crippen molar-refractivity contribution in [2.24, 2.45) is 0 Å². The molecule has 2 rings (SSSR count). The zero-order valence-corrected chi connectivity index (χ0v) is 15.7. The van der Waals surface area contributed by atoms with Gasteiger partial charge in [0.15, 0.2) is 6.10 Å². The number of halogens is 1. The van der Waals surface area contributed by atoms with Gasteiger partial charge in [0.25, 0.3) is 0 Å². The predicted octanol–water partition coefficient (Wildman–Crippen LogP) is 3.30. The summed E-state index contributed by atoms with van der Waals surface area (Å²) in [6.45, 7) is 6.69. The van der Waals surface area contributed by atoms with Crippen LogP contribution >= 0.6 is 0 Å². The van der Waals surface area contributed by atoms with Crippen molar-refractivity contribution in [3.8, 4) is 0 Å². The molecule has 7 heteroatoms. The van der Waals surface area contributed by atoms with Gasteiger partial charge in [0, 0.05) is 5.69 Å². The standard InChI is InChI=1S/C20H22FNO5/c1-5-26-20(25)17-11(2)18(22-12(17)3)19(24)13(4)27-16(23)10-14-6-8-15(21)9-7-14/h6-9,13,22H,5,10H2,1-4H3. The summed E-state index contributed by atoms with van der Waals surface area (Å²) in [4.78, 5) is 39.6. The van der Waals surface area contributed by atoms with Crippen LogP contribution in [0.5, 0.6) is 0 Å². The number of aromatic amines is 1. The van der Waals surface area contributed by atoms with Crippen molar-refractivity contribution in [1.82, 2.24) is 4.98 Å². The lowest BCUT2D eigenvalue weighted by Crippen LogP contribution is -2.26. The summed E-state index contributed by atoms with van der Waals surface area (Å²) in [6.07, 6.45) is -1.11. The van der Waals surface area contributed by atoms with Gasteiger partial charge in [-0.2, -0.15) is 0 Å². The molecule has 0 radical (unpaired) electrons. The number of Topliss-reactive ketones (excluding diaryl/α,β-unsaturated/α-hetero) is 1. The van der Waals surface area contributed by atoms with Gasteiger partial charge in [0.05, 0.1) is 24.3 Å². The number of ether oxygens (including phenoxy) is 2. The number of hydrogen-bond acceptors (Lipinski definition) is 5. The van der Waals surface area contributed by atoms with E-state index in [4.69, 9.17) is 9.47 Å². The topological polar surface area (TPSA) is 85.5 Å². The van der Waals surface area contributed by atoms with Crippen LogP contribution in [-0.4, -0.2) is 35.4 Å². The molecule has 1 aromatic carbocycles. The van der Waals surface area contributed by atoms with Crippen LogP contribution in [0, 0.1) is 19.7 Å². The molecule has 1 N–H and O–H groups in total. The number of carbonyl (C=O) groups excluding carboxylic acids is 3. The van der Waals surface area contributed by atoms with Crippen molar-refractivity contribution in [3.63, 3.8) is 0 Å². The third-order valence-electron chi connectivity index (χ3n) is 4.10. The largest absolute Gasteiger partial charge is 0.462 e. The van der Waals surface area contributed by atoms with Crippen LogP contribution in [-0.2, 0) is 20.7 Å². The van der Waals surface area contributed by atoms with E-state index in [0.717, 1.165) is 0 Å². The molecule has 0 aliphatic carbocycles. The maximum atomic E-state index is 12.9. The molecule has 2 aromatic rings. The minimum absolute atomic E-state index is 0.0747. The Kier molecular flexibility index (Phi) is 6.50. The van der Waals surface area contributed by atoms with Crippen molar-refractivity contribution < 1.29 is 28.2 Å². The molecule has 0 saturated heterocycles. The third-order valence-corrected chi connectivity index (χ3v) is 4.10. The Bertz CT molecular complexity index is 854. The Labute approximate surface area is 156 Å². The first-order valence-corrected chi connectivity index (χ1v) is 8.59. The average Bonchev–Trinajstić information content (AvgIpc) is 2.90. The Hall–Kier alpha value is -2.96. The maximum absolute atomic E-state index is 12.9. The Balaban J connectivity index is 2.08. The lowest BCUT2D eigenvalue weighted by atomic mass is 10.1. The van der Waals surface area contributed by atoms with Crippen LogP contribution in [0.15, 0.2) is 24.3 Å².